The number of ether oxygens (including phenoxy) is 1. The molecule has 2 aromatic carbocycles. The van der Waals surface area contributed by atoms with Crippen LogP contribution in [-0.4, -0.2) is 20.2 Å². The molecule has 0 saturated carbocycles. The minimum Gasteiger partial charge on any atom is -0.486 e. The summed E-state index contributed by atoms with van der Waals surface area (Å²) in [6, 6.07) is 19.6. The number of non-ortho nitro benzene ring substituents is 1. The lowest BCUT2D eigenvalue weighted by molar-refractivity contribution is -0.384. The lowest BCUT2D eigenvalue weighted by atomic mass is 10.2. The van der Waals surface area contributed by atoms with Crippen molar-refractivity contribution >= 4 is 23.4 Å². The number of nitrogens with zero attached hydrogens (tertiary/aromatic N) is 4. The van der Waals surface area contributed by atoms with Gasteiger partial charge in [-0.3, -0.25) is 24.4 Å². The number of nitro benzene ring substituents is 1. The van der Waals surface area contributed by atoms with E-state index in [2.05, 4.69) is 5.32 Å². The third-order valence-corrected chi connectivity index (χ3v) is 5.56. The average molecular weight is 499 g/mol. The summed E-state index contributed by atoms with van der Waals surface area (Å²) in [6.45, 7) is 1.72. The lowest BCUT2D eigenvalue weighted by Gasteiger charge is -2.07. The Morgan fingerprint density at radius 3 is 2.51 bits per heavy atom. The number of carbonyl (C=O) groups excluding carboxylic acids is 1. The summed E-state index contributed by atoms with van der Waals surface area (Å²) in [6.07, 6.45) is 1.26. The molecule has 0 spiro atoms. The van der Waals surface area contributed by atoms with E-state index in [9.17, 15) is 25.0 Å². The second-order valence-electron chi connectivity index (χ2n) is 7.90. The number of nitrogens with one attached hydrogen (secondary N) is 1. The molecule has 0 saturated heterocycles. The van der Waals surface area contributed by atoms with Gasteiger partial charge in [0.2, 0.25) is 0 Å². The highest BCUT2D eigenvalue weighted by Crippen LogP contribution is 2.20. The number of nitro groups is 1. The topological polar surface area (TPSA) is 145 Å². The summed E-state index contributed by atoms with van der Waals surface area (Å²) in [7, 11) is 1.70. The summed E-state index contributed by atoms with van der Waals surface area (Å²) in [5.74, 6) is 0.302. The molecule has 0 bridgehead atoms. The molecule has 0 aliphatic heterocycles. The lowest BCUT2D eigenvalue weighted by Crippen LogP contribution is -2.23. The Kier molecular flexibility index (Phi) is 7.02. The van der Waals surface area contributed by atoms with Crippen molar-refractivity contribution in [1.29, 1.82) is 5.26 Å². The van der Waals surface area contributed by atoms with Crippen molar-refractivity contribution in [2.24, 2.45) is 7.05 Å². The SMILES string of the molecule is Cc1c(NC(=O)/C(C#N)=C/c2ccc(COc3ccc([N+](=O)[O-])cc3)o2)c(=O)n(-c2ccccc2)n1C. The fourth-order valence-electron chi connectivity index (χ4n) is 3.55. The van der Waals surface area contributed by atoms with Crippen molar-refractivity contribution < 1.29 is 18.9 Å². The van der Waals surface area contributed by atoms with Crippen molar-refractivity contribution in [2.45, 2.75) is 13.5 Å². The second-order valence-corrected chi connectivity index (χ2v) is 7.90. The minimum absolute atomic E-state index is 0.0297. The van der Waals surface area contributed by atoms with Gasteiger partial charge >= 0.3 is 0 Å². The molecule has 0 aliphatic carbocycles. The fourth-order valence-corrected chi connectivity index (χ4v) is 3.55. The first-order valence-electron chi connectivity index (χ1n) is 11.0. The molecule has 37 heavy (non-hydrogen) atoms. The molecule has 1 amide bonds. The molecule has 0 aliphatic rings. The van der Waals surface area contributed by atoms with Crippen molar-refractivity contribution in [1.82, 2.24) is 9.36 Å². The third kappa shape index (κ3) is 5.33. The molecule has 2 heterocycles. The zero-order chi connectivity index (χ0) is 26.5. The molecule has 11 heteroatoms. The zero-order valence-corrected chi connectivity index (χ0v) is 19.9. The Labute approximate surface area is 210 Å². The van der Waals surface area contributed by atoms with Crippen LogP contribution >= 0.6 is 0 Å². The van der Waals surface area contributed by atoms with Crippen LogP contribution in [0.15, 0.2) is 81.5 Å². The van der Waals surface area contributed by atoms with Crippen molar-refractivity contribution in [2.75, 3.05) is 5.32 Å². The van der Waals surface area contributed by atoms with Gasteiger partial charge in [0, 0.05) is 25.3 Å². The van der Waals surface area contributed by atoms with E-state index >= 15 is 0 Å². The zero-order valence-electron chi connectivity index (χ0n) is 19.9. The molecule has 2 aromatic heterocycles. The maximum atomic E-state index is 13.0. The number of furan rings is 1. The molecule has 4 aromatic rings. The Balaban J connectivity index is 1.47. The number of benzene rings is 2. The van der Waals surface area contributed by atoms with Crippen molar-refractivity contribution in [3.63, 3.8) is 0 Å². The monoisotopic (exact) mass is 499 g/mol. The van der Waals surface area contributed by atoms with Gasteiger partial charge in [0.15, 0.2) is 0 Å². The molecule has 186 valence electrons. The number of rotatable bonds is 8. The summed E-state index contributed by atoms with van der Waals surface area (Å²) >= 11 is 0. The molecule has 0 fully saturated rings. The van der Waals surface area contributed by atoms with Crippen LogP contribution in [0.3, 0.4) is 0 Å². The Bertz CT molecular complexity index is 1590. The minimum atomic E-state index is -0.756. The van der Waals surface area contributed by atoms with E-state index in [1.807, 2.05) is 12.1 Å². The quantitative estimate of drug-likeness (QED) is 0.166. The number of hydrogen-bond donors (Lipinski definition) is 1. The number of para-hydroxylation sites is 1. The summed E-state index contributed by atoms with van der Waals surface area (Å²) < 4.78 is 14.2. The van der Waals surface area contributed by atoms with Crippen LogP contribution in [-0.2, 0) is 18.4 Å². The van der Waals surface area contributed by atoms with Crippen LogP contribution in [0.1, 0.15) is 17.2 Å². The third-order valence-electron chi connectivity index (χ3n) is 5.56. The molecule has 0 atom stereocenters. The van der Waals surface area contributed by atoms with Gasteiger partial charge in [-0.15, -0.1) is 0 Å². The normalized spacial score (nSPS) is 11.1. The predicted octanol–water partition coefficient (Wildman–Crippen LogP) is 4.11. The molecule has 11 nitrogen and oxygen atoms in total. The van der Waals surface area contributed by atoms with Crippen LogP contribution in [0.2, 0.25) is 0 Å². The van der Waals surface area contributed by atoms with Crippen molar-refractivity contribution in [3.8, 4) is 17.5 Å². The van der Waals surface area contributed by atoms with Gasteiger partial charge in [-0.2, -0.15) is 5.26 Å². The van der Waals surface area contributed by atoms with Gasteiger partial charge in [0.05, 0.1) is 16.3 Å². The van der Waals surface area contributed by atoms with E-state index < -0.39 is 16.4 Å². The van der Waals surface area contributed by atoms with E-state index in [0.29, 0.717) is 22.9 Å². The Morgan fingerprint density at radius 1 is 1.16 bits per heavy atom. The highest BCUT2D eigenvalue weighted by Gasteiger charge is 2.20. The first kappa shape index (κ1) is 24.7. The van der Waals surface area contributed by atoms with Gasteiger partial charge in [-0.25, -0.2) is 4.68 Å². The first-order chi connectivity index (χ1) is 17.8. The van der Waals surface area contributed by atoms with Crippen LogP contribution in [0.5, 0.6) is 5.75 Å². The number of amides is 1. The summed E-state index contributed by atoms with van der Waals surface area (Å²) in [5.41, 5.74) is 0.474. The number of nitriles is 1. The van der Waals surface area contributed by atoms with E-state index in [1.54, 1.807) is 55.1 Å². The molecular formula is C26H21N5O6. The maximum Gasteiger partial charge on any atom is 0.295 e. The van der Waals surface area contributed by atoms with Crippen LogP contribution in [0.4, 0.5) is 11.4 Å². The van der Waals surface area contributed by atoms with Crippen LogP contribution in [0.25, 0.3) is 11.8 Å². The highest BCUT2D eigenvalue weighted by molar-refractivity contribution is 6.09. The maximum absolute atomic E-state index is 13.0. The number of aromatic nitrogens is 2. The Morgan fingerprint density at radius 2 is 1.86 bits per heavy atom. The summed E-state index contributed by atoms with van der Waals surface area (Å²) in [4.78, 5) is 36.1. The van der Waals surface area contributed by atoms with Gasteiger partial charge in [0.1, 0.15) is 41.2 Å². The standard InChI is InChI=1S/C26H21N5O6/c1-17-24(26(33)30(29(17)2)19-6-4-3-5-7-19)28-25(32)18(15-27)14-22-12-13-23(37-22)16-36-21-10-8-20(9-11-21)31(34)35/h3-14H,16H2,1-2H3,(H,28,32)/b18-14+. The Hall–Kier alpha value is -5.37. The fraction of sp³-hybridized carbons (Fsp3) is 0.115. The second kappa shape index (κ2) is 10.5. The van der Waals surface area contributed by atoms with Gasteiger partial charge < -0.3 is 14.5 Å². The van der Waals surface area contributed by atoms with E-state index in [4.69, 9.17) is 9.15 Å². The average Bonchev–Trinajstić information content (AvgIpc) is 3.44. The van der Waals surface area contributed by atoms with Gasteiger partial charge in [-0.05, 0) is 43.3 Å². The van der Waals surface area contributed by atoms with E-state index in [-0.39, 0.29) is 29.3 Å². The van der Waals surface area contributed by atoms with Crippen molar-refractivity contribution in [3.05, 3.63) is 110 Å². The van der Waals surface area contributed by atoms with Gasteiger partial charge in [0.25, 0.3) is 17.2 Å². The molecule has 4 rings (SSSR count). The predicted molar refractivity (Wildman–Crippen MR) is 134 cm³/mol. The molecule has 0 unspecified atom stereocenters. The number of anilines is 1. The summed E-state index contributed by atoms with van der Waals surface area (Å²) in [5, 5.41) is 22.8. The van der Waals surface area contributed by atoms with Crippen LogP contribution < -0.4 is 15.6 Å². The first-order valence-corrected chi connectivity index (χ1v) is 11.0. The van der Waals surface area contributed by atoms with E-state index in [0.717, 1.165) is 0 Å². The smallest absolute Gasteiger partial charge is 0.295 e. The van der Waals surface area contributed by atoms with Crippen LogP contribution in [0, 0.1) is 28.4 Å². The van der Waals surface area contributed by atoms with E-state index in [1.165, 1.54) is 35.0 Å². The molecule has 0 radical (unpaired) electrons. The number of carbonyl (C=O) groups is 1. The number of hydrogen-bond acceptors (Lipinski definition) is 7. The van der Waals surface area contributed by atoms with Gasteiger partial charge in [-0.1, -0.05) is 18.2 Å². The largest absolute Gasteiger partial charge is 0.486 e. The molecular weight excluding hydrogens is 478 g/mol. The highest BCUT2D eigenvalue weighted by atomic mass is 16.6. The molecule has 1 N–H and O–H groups in total.